The molecule has 0 aliphatic carbocycles. The topological polar surface area (TPSA) is 62.6 Å². The van der Waals surface area contributed by atoms with Crippen molar-refractivity contribution in [2.24, 2.45) is 0 Å². The molecule has 0 unspecified atom stereocenters. The lowest BCUT2D eigenvalue weighted by atomic mass is 10.4. The van der Waals surface area contributed by atoms with E-state index in [0.29, 0.717) is 5.69 Å². The molecule has 0 spiro atoms. The number of hydrogen-bond acceptors (Lipinski definition) is 5. The summed E-state index contributed by atoms with van der Waals surface area (Å²) in [4.78, 5) is 15.8. The highest BCUT2D eigenvalue weighted by Gasteiger charge is 2.13. The number of hydrogen-bond donors (Lipinski definition) is 0. The minimum Gasteiger partial charge on any atom is -0.468 e. The standard InChI is InChI=1S/C10H16N2O4/c1-7-5-8(13)12(10(11-7)16-4)6-9(14-2)15-3/h5,9H,6H2,1-4H3. The van der Waals surface area contributed by atoms with Crippen molar-refractivity contribution in [3.8, 4) is 6.01 Å². The van der Waals surface area contributed by atoms with Crippen LogP contribution < -0.4 is 10.3 Å². The van der Waals surface area contributed by atoms with Crippen LogP contribution in [0.5, 0.6) is 6.01 Å². The Hall–Kier alpha value is -1.40. The lowest BCUT2D eigenvalue weighted by Gasteiger charge is -2.16. The van der Waals surface area contributed by atoms with Gasteiger partial charge in [-0.2, -0.15) is 0 Å². The van der Waals surface area contributed by atoms with E-state index in [1.54, 1.807) is 6.92 Å². The number of rotatable bonds is 5. The summed E-state index contributed by atoms with van der Waals surface area (Å²) in [6, 6.07) is 1.69. The van der Waals surface area contributed by atoms with E-state index in [1.165, 1.54) is 32.0 Å². The largest absolute Gasteiger partial charge is 0.468 e. The van der Waals surface area contributed by atoms with Crippen LogP contribution in [0.3, 0.4) is 0 Å². The van der Waals surface area contributed by atoms with Crippen molar-refractivity contribution in [1.29, 1.82) is 0 Å². The van der Waals surface area contributed by atoms with E-state index in [2.05, 4.69) is 4.98 Å². The van der Waals surface area contributed by atoms with E-state index in [0.717, 1.165) is 0 Å². The first kappa shape index (κ1) is 12.7. The van der Waals surface area contributed by atoms with E-state index in [-0.39, 0.29) is 18.1 Å². The number of aromatic nitrogens is 2. The Bertz CT molecular complexity index is 398. The van der Waals surface area contributed by atoms with Gasteiger partial charge < -0.3 is 14.2 Å². The van der Waals surface area contributed by atoms with Gasteiger partial charge in [0.1, 0.15) is 0 Å². The highest BCUT2D eigenvalue weighted by atomic mass is 16.7. The average molecular weight is 228 g/mol. The Morgan fingerprint density at radius 3 is 2.50 bits per heavy atom. The molecule has 0 aromatic carbocycles. The number of aryl methyl sites for hydroxylation is 1. The Labute approximate surface area is 93.8 Å². The van der Waals surface area contributed by atoms with Crippen molar-refractivity contribution in [1.82, 2.24) is 9.55 Å². The molecule has 1 heterocycles. The fourth-order valence-electron chi connectivity index (χ4n) is 1.31. The third kappa shape index (κ3) is 2.80. The summed E-state index contributed by atoms with van der Waals surface area (Å²) in [6.45, 7) is 1.97. The van der Waals surface area contributed by atoms with Crippen LogP contribution in [0.25, 0.3) is 0 Å². The molecular formula is C10H16N2O4. The van der Waals surface area contributed by atoms with Crippen LogP contribution in [-0.2, 0) is 16.0 Å². The van der Waals surface area contributed by atoms with Crippen molar-refractivity contribution in [3.63, 3.8) is 0 Å². The van der Waals surface area contributed by atoms with E-state index in [1.807, 2.05) is 0 Å². The molecule has 0 amide bonds. The molecule has 90 valence electrons. The van der Waals surface area contributed by atoms with Crippen molar-refractivity contribution in [3.05, 3.63) is 22.1 Å². The van der Waals surface area contributed by atoms with Crippen LogP contribution in [0.2, 0.25) is 0 Å². The first-order valence-electron chi connectivity index (χ1n) is 4.80. The van der Waals surface area contributed by atoms with E-state index >= 15 is 0 Å². The molecule has 0 N–H and O–H groups in total. The lowest BCUT2D eigenvalue weighted by molar-refractivity contribution is -0.112. The van der Waals surface area contributed by atoms with Crippen molar-refractivity contribution in [2.75, 3.05) is 21.3 Å². The minimum absolute atomic E-state index is 0.191. The average Bonchev–Trinajstić information content (AvgIpc) is 2.27. The second-order valence-corrected chi connectivity index (χ2v) is 3.23. The van der Waals surface area contributed by atoms with Crippen molar-refractivity contribution < 1.29 is 14.2 Å². The normalized spacial score (nSPS) is 10.8. The predicted molar refractivity (Wildman–Crippen MR) is 57.6 cm³/mol. The minimum atomic E-state index is -0.504. The third-order valence-corrected chi connectivity index (χ3v) is 2.14. The molecule has 0 radical (unpaired) electrons. The lowest BCUT2D eigenvalue weighted by Crippen LogP contribution is -2.30. The van der Waals surface area contributed by atoms with Gasteiger partial charge in [-0.05, 0) is 6.92 Å². The Balaban J connectivity index is 3.07. The monoisotopic (exact) mass is 228 g/mol. The fraction of sp³-hybridized carbons (Fsp3) is 0.600. The highest BCUT2D eigenvalue weighted by Crippen LogP contribution is 2.06. The van der Waals surface area contributed by atoms with Crippen LogP contribution in [0.4, 0.5) is 0 Å². The van der Waals surface area contributed by atoms with Gasteiger partial charge in [-0.25, -0.2) is 4.98 Å². The molecule has 0 fully saturated rings. The second kappa shape index (κ2) is 5.62. The predicted octanol–water partition coefficient (Wildman–Crippen LogP) is 0.179. The highest BCUT2D eigenvalue weighted by molar-refractivity contribution is 5.06. The molecule has 1 rings (SSSR count). The van der Waals surface area contributed by atoms with Gasteiger partial charge in [0.2, 0.25) is 0 Å². The fourth-order valence-corrected chi connectivity index (χ4v) is 1.31. The maximum Gasteiger partial charge on any atom is 0.299 e. The zero-order chi connectivity index (χ0) is 12.1. The quantitative estimate of drug-likeness (QED) is 0.673. The molecule has 0 aliphatic rings. The number of nitrogens with zero attached hydrogens (tertiary/aromatic N) is 2. The Morgan fingerprint density at radius 1 is 1.38 bits per heavy atom. The molecule has 0 saturated carbocycles. The molecule has 16 heavy (non-hydrogen) atoms. The smallest absolute Gasteiger partial charge is 0.299 e. The zero-order valence-corrected chi connectivity index (χ0v) is 9.89. The van der Waals surface area contributed by atoms with E-state index in [4.69, 9.17) is 14.2 Å². The van der Waals surface area contributed by atoms with Gasteiger partial charge in [0.05, 0.1) is 13.7 Å². The van der Waals surface area contributed by atoms with Gasteiger partial charge >= 0.3 is 0 Å². The number of methoxy groups -OCH3 is 3. The van der Waals surface area contributed by atoms with E-state index in [9.17, 15) is 4.79 Å². The van der Waals surface area contributed by atoms with Gasteiger partial charge in [-0.1, -0.05) is 0 Å². The molecule has 1 aromatic rings. The summed E-state index contributed by atoms with van der Waals surface area (Å²) in [5, 5.41) is 0. The third-order valence-electron chi connectivity index (χ3n) is 2.14. The second-order valence-electron chi connectivity index (χ2n) is 3.23. The Morgan fingerprint density at radius 2 is 2.00 bits per heavy atom. The number of ether oxygens (including phenoxy) is 3. The molecular weight excluding hydrogens is 212 g/mol. The SMILES string of the molecule is COc1nc(C)cc(=O)n1CC(OC)OC. The van der Waals surface area contributed by atoms with Gasteiger partial charge in [0.25, 0.3) is 11.6 Å². The van der Waals surface area contributed by atoms with Gasteiger partial charge in [0, 0.05) is 26.0 Å². The molecule has 0 saturated heterocycles. The maximum atomic E-state index is 11.7. The first-order chi connectivity index (χ1) is 7.62. The summed E-state index contributed by atoms with van der Waals surface area (Å²) < 4.78 is 16.4. The summed E-state index contributed by atoms with van der Waals surface area (Å²) in [5.41, 5.74) is 0.424. The van der Waals surface area contributed by atoms with Crippen molar-refractivity contribution in [2.45, 2.75) is 19.8 Å². The van der Waals surface area contributed by atoms with Crippen molar-refractivity contribution >= 4 is 0 Å². The van der Waals surface area contributed by atoms with Crippen LogP contribution >= 0.6 is 0 Å². The Kier molecular flexibility index (Phi) is 4.45. The zero-order valence-electron chi connectivity index (χ0n) is 9.89. The first-order valence-corrected chi connectivity index (χ1v) is 4.80. The van der Waals surface area contributed by atoms with E-state index < -0.39 is 6.29 Å². The summed E-state index contributed by atoms with van der Waals surface area (Å²) in [5.74, 6) is 0. The molecule has 6 heteroatoms. The molecule has 0 aliphatic heterocycles. The van der Waals surface area contributed by atoms with Crippen LogP contribution in [0.1, 0.15) is 5.69 Å². The molecule has 1 aromatic heterocycles. The van der Waals surface area contributed by atoms with Gasteiger partial charge in [-0.3, -0.25) is 9.36 Å². The van der Waals surface area contributed by atoms with Gasteiger partial charge in [-0.15, -0.1) is 0 Å². The molecule has 0 atom stereocenters. The van der Waals surface area contributed by atoms with Crippen LogP contribution in [0.15, 0.2) is 10.9 Å². The summed E-state index contributed by atoms with van der Waals surface area (Å²) in [6.07, 6.45) is -0.504. The van der Waals surface area contributed by atoms with Crippen LogP contribution in [-0.4, -0.2) is 37.2 Å². The summed E-state index contributed by atoms with van der Waals surface area (Å²) >= 11 is 0. The molecule has 6 nitrogen and oxygen atoms in total. The summed E-state index contributed by atoms with van der Waals surface area (Å²) in [7, 11) is 4.48. The van der Waals surface area contributed by atoms with Crippen LogP contribution in [0, 0.1) is 6.92 Å². The van der Waals surface area contributed by atoms with Gasteiger partial charge in [0.15, 0.2) is 6.29 Å². The molecule has 0 bridgehead atoms. The maximum absolute atomic E-state index is 11.7.